The maximum atomic E-state index is 3.59. The van der Waals surface area contributed by atoms with Crippen molar-refractivity contribution >= 4 is 7.85 Å². The molecule has 1 heterocycles. The van der Waals surface area contributed by atoms with Crippen molar-refractivity contribution < 1.29 is 0 Å². The Labute approximate surface area is 70.7 Å². The summed E-state index contributed by atoms with van der Waals surface area (Å²) in [4.78, 5) is 0. The third kappa shape index (κ3) is 2.37. The lowest BCUT2D eigenvalue weighted by Crippen LogP contribution is -2.54. The minimum Gasteiger partial charge on any atom is -0.303 e. The molecule has 0 saturated carbocycles. The van der Waals surface area contributed by atoms with Crippen LogP contribution in [0.3, 0.4) is 0 Å². The van der Waals surface area contributed by atoms with Gasteiger partial charge in [-0.05, 0) is 34.1 Å². The van der Waals surface area contributed by atoms with Gasteiger partial charge in [-0.25, -0.2) is 0 Å². The van der Waals surface area contributed by atoms with Crippen molar-refractivity contribution in [2.24, 2.45) is 0 Å². The Morgan fingerprint density at radius 3 is 2.27 bits per heavy atom. The van der Waals surface area contributed by atoms with E-state index in [0.717, 1.165) is 6.42 Å². The fraction of sp³-hybridized carbons (Fsp3) is 0.778. The summed E-state index contributed by atoms with van der Waals surface area (Å²) in [6.45, 7) is 8.95. The predicted octanol–water partition coefficient (Wildman–Crippen LogP) is 1.05. The molecule has 0 fully saturated rings. The molecule has 0 aromatic rings. The molecule has 0 atom stereocenters. The highest BCUT2D eigenvalue weighted by Gasteiger charge is 2.29. The van der Waals surface area contributed by atoms with Crippen LogP contribution in [0.25, 0.3) is 0 Å². The summed E-state index contributed by atoms with van der Waals surface area (Å²) in [5.74, 6) is 0. The summed E-state index contributed by atoms with van der Waals surface area (Å²) >= 11 is 0. The van der Waals surface area contributed by atoms with Crippen LogP contribution < -0.4 is 5.32 Å². The first-order valence-corrected chi connectivity index (χ1v) is 4.28. The van der Waals surface area contributed by atoms with Crippen LogP contribution in [-0.4, -0.2) is 18.9 Å². The second-order valence-electron chi connectivity index (χ2n) is 4.90. The van der Waals surface area contributed by atoms with Crippen molar-refractivity contribution in [2.75, 3.05) is 0 Å². The van der Waals surface area contributed by atoms with Crippen LogP contribution in [0.4, 0.5) is 0 Å². The fourth-order valence-corrected chi connectivity index (χ4v) is 2.32. The van der Waals surface area contributed by atoms with Crippen molar-refractivity contribution in [1.29, 1.82) is 0 Å². The standard InChI is InChI=1S/C9H18BN/c1-8(2)5-7(10)6-9(3,4)11-8/h5,11H,6,10H2,1-4H3. The average Bonchev–Trinajstić information content (AvgIpc) is 1.49. The Hall–Kier alpha value is -0.235. The van der Waals surface area contributed by atoms with E-state index in [1.54, 1.807) is 0 Å². The zero-order chi connectivity index (χ0) is 8.70. The molecule has 11 heavy (non-hydrogen) atoms. The van der Waals surface area contributed by atoms with E-state index in [2.05, 4.69) is 46.9 Å². The molecule has 0 aliphatic carbocycles. The topological polar surface area (TPSA) is 12.0 Å². The summed E-state index contributed by atoms with van der Waals surface area (Å²) < 4.78 is 0. The van der Waals surface area contributed by atoms with Crippen molar-refractivity contribution in [3.8, 4) is 0 Å². The van der Waals surface area contributed by atoms with Crippen molar-refractivity contribution in [3.63, 3.8) is 0 Å². The van der Waals surface area contributed by atoms with Gasteiger partial charge in [0.2, 0.25) is 0 Å². The molecular weight excluding hydrogens is 133 g/mol. The summed E-state index contributed by atoms with van der Waals surface area (Å²) in [6, 6.07) is 0. The highest BCUT2D eigenvalue weighted by atomic mass is 15.0. The summed E-state index contributed by atoms with van der Waals surface area (Å²) in [5, 5.41) is 3.59. The van der Waals surface area contributed by atoms with E-state index in [-0.39, 0.29) is 11.1 Å². The zero-order valence-electron chi connectivity index (χ0n) is 8.28. The molecule has 0 bridgehead atoms. The van der Waals surface area contributed by atoms with Gasteiger partial charge in [-0.3, -0.25) is 0 Å². The molecule has 1 N–H and O–H groups in total. The quantitative estimate of drug-likeness (QED) is 0.510. The minimum atomic E-state index is 0.172. The molecule has 0 aromatic carbocycles. The van der Waals surface area contributed by atoms with Gasteiger partial charge in [0.05, 0.1) is 0 Å². The molecule has 0 spiro atoms. The highest BCUT2D eigenvalue weighted by molar-refractivity contribution is 6.21. The number of hydrogen-bond donors (Lipinski definition) is 1. The molecule has 0 radical (unpaired) electrons. The molecule has 1 rings (SSSR count). The van der Waals surface area contributed by atoms with Crippen LogP contribution in [0, 0.1) is 0 Å². The first-order valence-electron chi connectivity index (χ1n) is 4.28. The van der Waals surface area contributed by atoms with E-state index < -0.39 is 0 Å². The molecule has 0 aromatic heterocycles. The van der Waals surface area contributed by atoms with E-state index in [1.807, 2.05) is 0 Å². The Morgan fingerprint density at radius 2 is 1.91 bits per heavy atom. The van der Waals surface area contributed by atoms with Gasteiger partial charge in [-0.2, -0.15) is 0 Å². The highest BCUT2D eigenvalue weighted by Crippen LogP contribution is 2.25. The first kappa shape index (κ1) is 8.86. The van der Waals surface area contributed by atoms with Crippen LogP contribution in [0.2, 0.25) is 0 Å². The van der Waals surface area contributed by atoms with E-state index in [4.69, 9.17) is 0 Å². The monoisotopic (exact) mass is 151 g/mol. The Balaban J connectivity index is 2.86. The molecular formula is C9H18BN. The van der Waals surface area contributed by atoms with Gasteiger partial charge >= 0.3 is 0 Å². The van der Waals surface area contributed by atoms with Crippen molar-refractivity contribution in [3.05, 3.63) is 11.5 Å². The van der Waals surface area contributed by atoms with Gasteiger partial charge in [0.1, 0.15) is 7.85 Å². The van der Waals surface area contributed by atoms with Gasteiger partial charge in [-0.1, -0.05) is 6.08 Å². The Morgan fingerprint density at radius 1 is 1.36 bits per heavy atom. The lowest BCUT2D eigenvalue weighted by atomic mass is 9.76. The Kier molecular flexibility index (Phi) is 1.91. The third-order valence-electron chi connectivity index (χ3n) is 1.99. The van der Waals surface area contributed by atoms with Crippen molar-refractivity contribution in [1.82, 2.24) is 5.32 Å². The van der Waals surface area contributed by atoms with Crippen LogP contribution in [0.1, 0.15) is 34.1 Å². The maximum absolute atomic E-state index is 3.59. The normalized spacial score (nSPS) is 27.8. The van der Waals surface area contributed by atoms with Gasteiger partial charge in [-0.15, -0.1) is 5.47 Å². The van der Waals surface area contributed by atoms with Crippen LogP contribution in [0.5, 0.6) is 0 Å². The molecule has 0 amide bonds. The molecule has 62 valence electrons. The van der Waals surface area contributed by atoms with Crippen LogP contribution in [0.15, 0.2) is 11.5 Å². The van der Waals surface area contributed by atoms with Gasteiger partial charge in [0.25, 0.3) is 0 Å². The summed E-state index contributed by atoms with van der Waals surface area (Å²) in [6.07, 6.45) is 3.48. The number of nitrogens with one attached hydrogen (secondary N) is 1. The Bertz CT molecular complexity index is 192. The zero-order valence-corrected chi connectivity index (χ0v) is 8.28. The minimum absolute atomic E-state index is 0.172. The summed E-state index contributed by atoms with van der Waals surface area (Å²) in [5.41, 5.74) is 1.94. The van der Waals surface area contributed by atoms with E-state index in [1.165, 1.54) is 5.47 Å². The van der Waals surface area contributed by atoms with Crippen molar-refractivity contribution in [2.45, 2.75) is 45.2 Å². The van der Waals surface area contributed by atoms with Gasteiger partial charge < -0.3 is 5.32 Å². The van der Waals surface area contributed by atoms with E-state index >= 15 is 0 Å². The third-order valence-corrected chi connectivity index (χ3v) is 1.99. The van der Waals surface area contributed by atoms with Crippen LogP contribution >= 0.6 is 0 Å². The molecule has 2 heteroatoms. The maximum Gasteiger partial charge on any atom is 0.133 e. The summed E-state index contributed by atoms with van der Waals surface area (Å²) in [7, 11) is 2.21. The number of rotatable bonds is 0. The van der Waals surface area contributed by atoms with Gasteiger partial charge in [0.15, 0.2) is 0 Å². The number of hydrogen-bond acceptors (Lipinski definition) is 1. The largest absolute Gasteiger partial charge is 0.303 e. The van der Waals surface area contributed by atoms with E-state index in [9.17, 15) is 0 Å². The lowest BCUT2D eigenvalue weighted by molar-refractivity contribution is 0.288. The second kappa shape index (κ2) is 2.38. The molecule has 0 unspecified atom stereocenters. The predicted molar refractivity (Wildman–Crippen MR) is 52.5 cm³/mol. The van der Waals surface area contributed by atoms with Crippen LogP contribution in [-0.2, 0) is 0 Å². The molecule has 1 aliphatic heterocycles. The fourth-order valence-electron chi connectivity index (χ4n) is 2.32. The SMILES string of the molecule is BC1=CC(C)(C)NC(C)(C)C1. The molecule has 0 saturated heterocycles. The molecule has 1 aliphatic rings. The molecule has 1 nitrogen and oxygen atoms in total. The lowest BCUT2D eigenvalue weighted by Gasteiger charge is -2.40. The smallest absolute Gasteiger partial charge is 0.133 e. The average molecular weight is 151 g/mol. The van der Waals surface area contributed by atoms with Gasteiger partial charge in [0, 0.05) is 11.1 Å². The first-order chi connectivity index (χ1) is 4.81. The van der Waals surface area contributed by atoms with E-state index in [0.29, 0.717) is 0 Å². The second-order valence-corrected chi connectivity index (χ2v) is 4.90.